The summed E-state index contributed by atoms with van der Waals surface area (Å²) in [5.74, 6) is -1.03. The summed E-state index contributed by atoms with van der Waals surface area (Å²) in [5.41, 5.74) is 3.70. The van der Waals surface area contributed by atoms with Gasteiger partial charge in [0, 0.05) is 12.6 Å². The number of halogens is 2. The number of ether oxygens (including phenoxy) is 3. The van der Waals surface area contributed by atoms with Gasteiger partial charge in [0.2, 0.25) is 0 Å². The number of amidine groups is 1. The predicted molar refractivity (Wildman–Crippen MR) is 110 cm³/mol. The van der Waals surface area contributed by atoms with E-state index in [0.717, 1.165) is 0 Å². The molecule has 0 amide bonds. The predicted octanol–water partition coefficient (Wildman–Crippen LogP) is 2.62. The van der Waals surface area contributed by atoms with Crippen LogP contribution < -0.4 is 5.73 Å². The van der Waals surface area contributed by atoms with Crippen molar-refractivity contribution < 1.29 is 28.2 Å². The van der Waals surface area contributed by atoms with Crippen LogP contribution in [0.5, 0.6) is 0 Å². The molecule has 2 aliphatic heterocycles. The zero-order chi connectivity index (χ0) is 22.7. The molecule has 168 valence electrons. The van der Waals surface area contributed by atoms with Crippen LogP contribution in [0.4, 0.5) is 4.39 Å². The van der Waals surface area contributed by atoms with Crippen molar-refractivity contribution in [3.05, 3.63) is 24.7 Å². The Morgan fingerprint density at radius 2 is 2.10 bits per heavy atom. The molecule has 0 aliphatic carbocycles. The molecule has 2 aliphatic rings. The highest BCUT2D eigenvalue weighted by molar-refractivity contribution is 6.18. The van der Waals surface area contributed by atoms with Crippen LogP contribution in [0.3, 0.4) is 0 Å². The van der Waals surface area contributed by atoms with Crippen LogP contribution in [0.2, 0.25) is 0 Å². The first kappa shape index (κ1) is 24.1. The molecule has 0 bridgehead atoms. The number of hydrogen-bond donors (Lipinski definition) is 1. The van der Waals surface area contributed by atoms with E-state index in [9.17, 15) is 9.59 Å². The Kier molecular flexibility index (Phi) is 7.52. The molecule has 1 fully saturated rings. The Morgan fingerprint density at radius 1 is 1.43 bits per heavy atom. The van der Waals surface area contributed by atoms with Gasteiger partial charge in [-0.2, -0.15) is 0 Å². The maximum Gasteiger partial charge on any atom is 0.306 e. The Bertz CT molecular complexity index is 751. The van der Waals surface area contributed by atoms with E-state index in [0.29, 0.717) is 0 Å². The van der Waals surface area contributed by atoms with Gasteiger partial charge in [-0.3, -0.25) is 9.59 Å². The van der Waals surface area contributed by atoms with Crippen LogP contribution in [-0.2, 0) is 23.8 Å². The van der Waals surface area contributed by atoms with Crippen molar-refractivity contribution >= 4 is 29.4 Å². The van der Waals surface area contributed by atoms with Gasteiger partial charge < -0.3 is 24.8 Å². The zero-order valence-corrected chi connectivity index (χ0v) is 18.4. The number of hydrogen-bond acceptors (Lipinski definition) is 8. The van der Waals surface area contributed by atoms with Gasteiger partial charge in [-0.25, -0.2) is 9.38 Å². The van der Waals surface area contributed by atoms with E-state index in [1.165, 1.54) is 17.2 Å². The maximum atomic E-state index is 15.6. The minimum absolute atomic E-state index is 0.0607. The van der Waals surface area contributed by atoms with Gasteiger partial charge in [0.15, 0.2) is 24.1 Å². The van der Waals surface area contributed by atoms with E-state index >= 15 is 4.39 Å². The summed E-state index contributed by atoms with van der Waals surface area (Å²) < 4.78 is 32.2. The molecule has 2 rings (SSSR count). The van der Waals surface area contributed by atoms with Crippen molar-refractivity contribution in [2.75, 3.05) is 12.5 Å². The minimum Gasteiger partial charge on any atom is -0.462 e. The normalized spacial score (nSPS) is 29.0. The number of esters is 2. The second-order valence-corrected chi connectivity index (χ2v) is 8.76. The fraction of sp³-hybridized carbons (Fsp3) is 0.650. The number of carbonyl (C=O) groups excluding carboxylic acids is 2. The molecule has 0 radical (unpaired) electrons. The number of nitrogens with zero attached hydrogens (tertiary/aromatic N) is 2. The van der Waals surface area contributed by atoms with E-state index < -0.39 is 36.0 Å². The van der Waals surface area contributed by atoms with Crippen molar-refractivity contribution in [1.29, 1.82) is 0 Å². The fourth-order valence-electron chi connectivity index (χ4n) is 3.10. The highest BCUT2D eigenvalue weighted by atomic mass is 35.5. The molecule has 0 aromatic heterocycles. The average molecular weight is 446 g/mol. The lowest BCUT2D eigenvalue weighted by Crippen LogP contribution is -2.50. The summed E-state index contributed by atoms with van der Waals surface area (Å²) in [4.78, 5) is 29.5. The number of alkyl halides is 2. The molecule has 0 saturated carbocycles. The summed E-state index contributed by atoms with van der Waals surface area (Å²) in [6.45, 7) is 10.6. The van der Waals surface area contributed by atoms with Gasteiger partial charge in [-0.1, -0.05) is 34.3 Å². The Balaban J connectivity index is 2.32. The summed E-state index contributed by atoms with van der Waals surface area (Å²) in [7, 11) is 0. The van der Waals surface area contributed by atoms with Gasteiger partial charge in [0.1, 0.15) is 18.3 Å². The lowest BCUT2D eigenvalue weighted by Gasteiger charge is -2.33. The van der Waals surface area contributed by atoms with Crippen molar-refractivity contribution in [1.82, 2.24) is 4.90 Å². The second-order valence-electron chi connectivity index (χ2n) is 8.49. The third kappa shape index (κ3) is 5.51. The van der Waals surface area contributed by atoms with Gasteiger partial charge in [-0.05, 0) is 11.5 Å². The lowest BCUT2D eigenvalue weighted by atomic mass is 9.92. The molecule has 1 saturated heterocycles. The van der Waals surface area contributed by atoms with Gasteiger partial charge in [0.05, 0.1) is 12.3 Å². The molecular formula is C20H29ClFN3O5. The van der Waals surface area contributed by atoms with E-state index in [1.54, 1.807) is 6.92 Å². The molecule has 2 heterocycles. The number of rotatable bonds is 7. The average Bonchev–Trinajstić information content (AvgIpc) is 2.91. The molecule has 10 heteroatoms. The SMILES string of the molecule is C=C1N=C(N)C=CN1[C@@H]1O[C@](CCl)(COC(=O)CC)[C@@H](OC(=O)CC(C)(C)C)[C@H]1F. The quantitative estimate of drug-likeness (QED) is 0.474. The maximum absolute atomic E-state index is 15.6. The lowest BCUT2D eigenvalue weighted by molar-refractivity contribution is -0.175. The molecule has 8 nitrogen and oxygen atoms in total. The van der Waals surface area contributed by atoms with E-state index in [1.807, 2.05) is 20.8 Å². The van der Waals surface area contributed by atoms with E-state index in [2.05, 4.69) is 11.6 Å². The number of nitrogens with two attached hydrogens (primary N) is 1. The molecule has 0 spiro atoms. The smallest absolute Gasteiger partial charge is 0.306 e. The van der Waals surface area contributed by atoms with Crippen LogP contribution in [-0.4, -0.2) is 59.3 Å². The van der Waals surface area contributed by atoms with Gasteiger partial charge in [-0.15, -0.1) is 11.6 Å². The number of carbonyl (C=O) groups is 2. The van der Waals surface area contributed by atoms with Crippen LogP contribution in [0.25, 0.3) is 0 Å². The second kappa shape index (κ2) is 9.34. The van der Waals surface area contributed by atoms with Crippen molar-refractivity contribution in [3.8, 4) is 0 Å². The fourth-order valence-corrected chi connectivity index (χ4v) is 3.39. The standard InChI is InChI=1S/C20H29ClFN3O5/c1-6-14(26)28-11-20(10-21)17(29-15(27)9-19(3,4)5)16(22)18(30-20)25-8-7-13(23)24-12(25)2/h7-8,16-18H,2,6,9-11H2,1,3-5H3,(H2,23,24)/t16-,17+,18-,20-/m1/s1. The van der Waals surface area contributed by atoms with Crippen LogP contribution in [0, 0.1) is 5.41 Å². The molecule has 0 aromatic rings. The van der Waals surface area contributed by atoms with Crippen molar-refractivity contribution in [3.63, 3.8) is 0 Å². The topological polar surface area (TPSA) is 103 Å². The molecule has 0 aromatic carbocycles. The summed E-state index contributed by atoms with van der Waals surface area (Å²) >= 11 is 6.15. The Morgan fingerprint density at radius 3 is 2.63 bits per heavy atom. The highest BCUT2D eigenvalue weighted by Gasteiger charge is 2.60. The monoisotopic (exact) mass is 445 g/mol. The first-order valence-corrected chi connectivity index (χ1v) is 10.2. The van der Waals surface area contributed by atoms with Crippen molar-refractivity contribution in [2.24, 2.45) is 16.1 Å². The third-order valence-corrected chi connectivity index (χ3v) is 5.05. The molecule has 0 unspecified atom stereocenters. The van der Waals surface area contributed by atoms with Gasteiger partial charge in [0.25, 0.3) is 0 Å². The van der Waals surface area contributed by atoms with Crippen LogP contribution in [0.1, 0.15) is 40.5 Å². The summed E-state index contributed by atoms with van der Waals surface area (Å²) in [6.07, 6.45) is -1.35. The van der Waals surface area contributed by atoms with Gasteiger partial charge >= 0.3 is 11.9 Å². The van der Waals surface area contributed by atoms with E-state index in [4.69, 9.17) is 31.5 Å². The van der Waals surface area contributed by atoms with Crippen LogP contribution >= 0.6 is 11.6 Å². The Labute approximate surface area is 180 Å². The largest absolute Gasteiger partial charge is 0.462 e. The molecule has 4 atom stereocenters. The first-order valence-electron chi connectivity index (χ1n) is 9.65. The summed E-state index contributed by atoms with van der Waals surface area (Å²) in [5, 5.41) is 0. The molecule has 2 N–H and O–H groups in total. The summed E-state index contributed by atoms with van der Waals surface area (Å²) in [6, 6.07) is 0. The van der Waals surface area contributed by atoms with Crippen molar-refractivity contribution in [2.45, 2.75) is 64.6 Å². The van der Waals surface area contributed by atoms with E-state index in [-0.39, 0.29) is 42.4 Å². The minimum atomic E-state index is -1.82. The van der Waals surface area contributed by atoms with Crippen LogP contribution in [0.15, 0.2) is 29.7 Å². The highest BCUT2D eigenvalue weighted by Crippen LogP contribution is 2.40. The molecule has 30 heavy (non-hydrogen) atoms. The first-order chi connectivity index (χ1) is 13.9. The zero-order valence-electron chi connectivity index (χ0n) is 17.7. The Hall–Kier alpha value is -2.13. The molecular weight excluding hydrogens is 417 g/mol. The third-order valence-electron chi connectivity index (χ3n) is 4.60. The number of aliphatic imine (C=N–C) groups is 1.